The number of amides is 1. The average Bonchev–Trinajstić information content (AvgIpc) is 3.20. The second-order valence-electron chi connectivity index (χ2n) is 5.11. The molecule has 0 radical (unpaired) electrons. The van der Waals surface area contributed by atoms with Crippen LogP contribution >= 0.6 is 0 Å². The number of morpholine rings is 1. The van der Waals surface area contributed by atoms with Crippen LogP contribution in [0.1, 0.15) is 12.8 Å². The summed E-state index contributed by atoms with van der Waals surface area (Å²) in [6, 6.07) is 3.78. The minimum Gasteiger partial charge on any atom is -0.378 e. The van der Waals surface area contributed by atoms with Crippen LogP contribution < -0.4 is 16.0 Å². The number of carbonyl (C=O) groups excluding carboxylic acids is 1. The Bertz CT molecular complexity index is 464. The second-order valence-corrected chi connectivity index (χ2v) is 5.11. The van der Waals surface area contributed by atoms with E-state index in [1.54, 1.807) is 6.20 Å². The molecule has 0 spiro atoms. The number of hydrogen-bond donors (Lipinski definition) is 2. The van der Waals surface area contributed by atoms with Crippen LogP contribution in [0.2, 0.25) is 0 Å². The number of aromatic nitrogens is 1. The van der Waals surface area contributed by atoms with Gasteiger partial charge in [0.1, 0.15) is 5.82 Å². The zero-order valence-corrected chi connectivity index (χ0v) is 10.8. The summed E-state index contributed by atoms with van der Waals surface area (Å²) in [7, 11) is 0. The quantitative estimate of drug-likeness (QED) is 0.821. The first-order chi connectivity index (χ1) is 9.17. The van der Waals surface area contributed by atoms with E-state index in [0.717, 1.165) is 44.8 Å². The zero-order valence-electron chi connectivity index (χ0n) is 10.8. The predicted octanol–water partition coefficient (Wildman–Crippen LogP) is 0.348. The van der Waals surface area contributed by atoms with Gasteiger partial charge in [0.15, 0.2) is 0 Å². The Hall–Kier alpha value is -1.66. The van der Waals surface area contributed by atoms with Gasteiger partial charge in [0, 0.05) is 13.1 Å². The van der Waals surface area contributed by atoms with E-state index in [1.807, 2.05) is 12.1 Å². The van der Waals surface area contributed by atoms with Gasteiger partial charge >= 0.3 is 0 Å². The highest BCUT2D eigenvalue weighted by molar-refractivity contribution is 5.99. The molecule has 2 heterocycles. The van der Waals surface area contributed by atoms with E-state index in [9.17, 15) is 4.79 Å². The number of nitrogens with one attached hydrogen (secondary N) is 1. The van der Waals surface area contributed by atoms with E-state index in [0.29, 0.717) is 5.82 Å². The van der Waals surface area contributed by atoms with Crippen molar-refractivity contribution >= 4 is 17.4 Å². The largest absolute Gasteiger partial charge is 0.378 e. The summed E-state index contributed by atoms with van der Waals surface area (Å²) in [6.07, 6.45) is 3.28. The maximum Gasteiger partial charge on any atom is 0.245 e. The molecule has 1 amide bonds. The van der Waals surface area contributed by atoms with Crippen LogP contribution in [0.4, 0.5) is 11.5 Å². The van der Waals surface area contributed by atoms with Gasteiger partial charge in [0.05, 0.1) is 30.6 Å². The zero-order chi connectivity index (χ0) is 13.3. The number of ether oxygens (including phenoxy) is 1. The number of pyridine rings is 1. The molecule has 6 heteroatoms. The molecule has 0 bridgehead atoms. The summed E-state index contributed by atoms with van der Waals surface area (Å²) >= 11 is 0. The molecule has 6 nitrogen and oxygen atoms in total. The number of nitrogens with zero attached hydrogens (tertiary/aromatic N) is 2. The van der Waals surface area contributed by atoms with Crippen molar-refractivity contribution in [3.05, 3.63) is 18.3 Å². The number of rotatable bonds is 3. The van der Waals surface area contributed by atoms with Crippen molar-refractivity contribution < 1.29 is 9.53 Å². The Kier molecular flexibility index (Phi) is 3.12. The summed E-state index contributed by atoms with van der Waals surface area (Å²) in [5, 5.41) is 2.76. The molecule has 1 saturated heterocycles. The van der Waals surface area contributed by atoms with Crippen molar-refractivity contribution in [2.75, 3.05) is 36.5 Å². The molecule has 1 aromatic rings. The molecule has 0 unspecified atom stereocenters. The third kappa shape index (κ3) is 2.69. The van der Waals surface area contributed by atoms with E-state index >= 15 is 0 Å². The molecule has 1 saturated carbocycles. The number of nitrogens with two attached hydrogens (primary N) is 1. The summed E-state index contributed by atoms with van der Waals surface area (Å²) in [6.45, 7) is 3.24. The normalized spacial score (nSPS) is 21.0. The Labute approximate surface area is 111 Å². The fourth-order valence-electron chi connectivity index (χ4n) is 2.07. The number of hydrogen-bond acceptors (Lipinski definition) is 5. The van der Waals surface area contributed by atoms with E-state index in [2.05, 4.69) is 15.2 Å². The van der Waals surface area contributed by atoms with E-state index in [4.69, 9.17) is 10.5 Å². The van der Waals surface area contributed by atoms with Crippen LogP contribution in [-0.4, -0.2) is 42.7 Å². The van der Waals surface area contributed by atoms with E-state index < -0.39 is 5.54 Å². The monoisotopic (exact) mass is 262 g/mol. The molecule has 3 N–H and O–H groups in total. The van der Waals surface area contributed by atoms with Gasteiger partial charge in [-0.15, -0.1) is 0 Å². The first kappa shape index (κ1) is 12.4. The lowest BCUT2D eigenvalue weighted by atomic mass is 10.2. The third-order valence-corrected chi connectivity index (χ3v) is 3.61. The molecule has 1 aromatic heterocycles. The molecular weight excluding hydrogens is 244 g/mol. The van der Waals surface area contributed by atoms with Crippen molar-refractivity contribution in [3.63, 3.8) is 0 Å². The highest BCUT2D eigenvalue weighted by Crippen LogP contribution is 2.33. The highest BCUT2D eigenvalue weighted by atomic mass is 16.5. The van der Waals surface area contributed by atoms with Gasteiger partial charge in [-0.05, 0) is 25.0 Å². The van der Waals surface area contributed by atoms with Gasteiger partial charge in [-0.3, -0.25) is 4.79 Å². The van der Waals surface area contributed by atoms with Crippen LogP contribution in [-0.2, 0) is 9.53 Å². The summed E-state index contributed by atoms with van der Waals surface area (Å²) in [5.41, 5.74) is 6.21. The Morgan fingerprint density at radius 1 is 1.37 bits per heavy atom. The van der Waals surface area contributed by atoms with Crippen molar-refractivity contribution in [2.24, 2.45) is 5.73 Å². The number of anilines is 2. The van der Waals surface area contributed by atoms with E-state index in [-0.39, 0.29) is 5.91 Å². The van der Waals surface area contributed by atoms with Crippen LogP contribution in [0, 0.1) is 0 Å². The summed E-state index contributed by atoms with van der Waals surface area (Å²) in [4.78, 5) is 18.3. The smallest absolute Gasteiger partial charge is 0.245 e. The van der Waals surface area contributed by atoms with Crippen LogP contribution in [0.15, 0.2) is 18.3 Å². The molecule has 3 rings (SSSR count). The third-order valence-electron chi connectivity index (χ3n) is 3.61. The Morgan fingerprint density at radius 3 is 2.68 bits per heavy atom. The lowest BCUT2D eigenvalue weighted by Crippen LogP contribution is -2.38. The van der Waals surface area contributed by atoms with Gasteiger partial charge in [0.25, 0.3) is 0 Å². The first-order valence-corrected chi connectivity index (χ1v) is 6.56. The van der Waals surface area contributed by atoms with Crippen molar-refractivity contribution in [2.45, 2.75) is 18.4 Å². The molecule has 1 aliphatic heterocycles. The highest BCUT2D eigenvalue weighted by Gasteiger charge is 2.46. The van der Waals surface area contributed by atoms with Crippen molar-refractivity contribution in [3.8, 4) is 0 Å². The fourth-order valence-corrected chi connectivity index (χ4v) is 2.07. The van der Waals surface area contributed by atoms with E-state index in [1.165, 1.54) is 0 Å². The van der Waals surface area contributed by atoms with Crippen molar-refractivity contribution in [1.29, 1.82) is 0 Å². The molecule has 0 atom stereocenters. The lowest BCUT2D eigenvalue weighted by molar-refractivity contribution is -0.118. The van der Waals surface area contributed by atoms with Crippen LogP contribution in [0.5, 0.6) is 0 Å². The van der Waals surface area contributed by atoms with Crippen molar-refractivity contribution in [1.82, 2.24) is 4.98 Å². The molecule has 1 aliphatic carbocycles. The molecule has 2 fully saturated rings. The average molecular weight is 262 g/mol. The van der Waals surface area contributed by atoms with Crippen LogP contribution in [0.25, 0.3) is 0 Å². The summed E-state index contributed by atoms with van der Waals surface area (Å²) < 4.78 is 5.31. The molecular formula is C13H18N4O2. The Morgan fingerprint density at radius 2 is 2.11 bits per heavy atom. The van der Waals surface area contributed by atoms with Gasteiger partial charge in [-0.25, -0.2) is 4.98 Å². The fraction of sp³-hybridized carbons (Fsp3) is 0.538. The minimum atomic E-state index is -0.662. The maximum absolute atomic E-state index is 11.8. The van der Waals surface area contributed by atoms with Gasteiger partial charge in [0.2, 0.25) is 5.91 Å². The summed E-state index contributed by atoms with van der Waals surface area (Å²) in [5.74, 6) is 0.415. The van der Waals surface area contributed by atoms with Gasteiger partial charge < -0.3 is 20.7 Å². The topological polar surface area (TPSA) is 80.5 Å². The first-order valence-electron chi connectivity index (χ1n) is 6.56. The second kappa shape index (κ2) is 4.79. The van der Waals surface area contributed by atoms with Crippen LogP contribution in [0.3, 0.4) is 0 Å². The molecule has 2 aliphatic rings. The molecule has 102 valence electrons. The number of carbonyl (C=O) groups is 1. The predicted molar refractivity (Wildman–Crippen MR) is 72.1 cm³/mol. The van der Waals surface area contributed by atoms with Gasteiger partial charge in [-0.1, -0.05) is 0 Å². The maximum atomic E-state index is 11.8. The molecule has 19 heavy (non-hydrogen) atoms. The minimum absolute atomic E-state index is 0.140. The Balaban J connectivity index is 1.63. The van der Waals surface area contributed by atoms with Gasteiger partial charge in [-0.2, -0.15) is 0 Å². The lowest BCUT2D eigenvalue weighted by Gasteiger charge is -2.28. The molecule has 0 aromatic carbocycles. The standard InChI is InChI=1S/C13H18N4O2/c14-13(3-4-13)12(18)16-11-2-1-10(9-15-11)17-5-7-19-8-6-17/h1-2,9H,3-8,14H2,(H,15,16,18). The SMILES string of the molecule is NC1(C(=O)Nc2ccc(N3CCOCC3)cn2)CC1.